The molecule has 0 atom stereocenters. The summed E-state index contributed by atoms with van der Waals surface area (Å²) in [7, 11) is 0. The summed E-state index contributed by atoms with van der Waals surface area (Å²) in [4.78, 5) is 5.08. The number of fused-ring (bicyclic) bond motifs is 5. The van der Waals surface area contributed by atoms with Gasteiger partial charge in [-0.3, -0.25) is 0 Å². The van der Waals surface area contributed by atoms with Crippen molar-refractivity contribution < 1.29 is 0 Å². The molecule has 224 valence electrons. The summed E-state index contributed by atoms with van der Waals surface area (Å²) in [6, 6.07) is 67.5. The number of aromatic nitrogens is 1. The van der Waals surface area contributed by atoms with Gasteiger partial charge in [0.25, 0.3) is 0 Å². The van der Waals surface area contributed by atoms with Gasteiger partial charge >= 0.3 is 0 Å². The molecule has 1 nitrogen and oxygen atoms in total. The lowest BCUT2D eigenvalue weighted by Crippen LogP contribution is -1.91. The Morgan fingerprint density at radius 2 is 0.583 bits per heavy atom. The van der Waals surface area contributed by atoms with Gasteiger partial charge in [-0.25, -0.2) is 4.98 Å². The van der Waals surface area contributed by atoms with Gasteiger partial charge < -0.3 is 0 Å². The first-order chi connectivity index (χ1) is 23.8. The second kappa shape index (κ2) is 11.8. The fourth-order valence-corrected chi connectivity index (χ4v) is 7.10. The average molecular weight is 610 g/mol. The van der Waals surface area contributed by atoms with Gasteiger partial charge in [0.15, 0.2) is 0 Å². The summed E-state index contributed by atoms with van der Waals surface area (Å²) in [6.07, 6.45) is 0. The third kappa shape index (κ3) is 4.94. The highest BCUT2D eigenvalue weighted by Gasteiger charge is 2.15. The van der Waals surface area contributed by atoms with Crippen LogP contribution in [0.3, 0.4) is 0 Å². The molecule has 0 saturated heterocycles. The molecule has 0 amide bonds. The van der Waals surface area contributed by atoms with Crippen molar-refractivity contribution >= 4 is 32.3 Å². The molecule has 8 aromatic carbocycles. The Hall–Kier alpha value is -6.31. The molecule has 9 rings (SSSR count). The summed E-state index contributed by atoms with van der Waals surface area (Å²) in [5.41, 5.74) is 11.4. The van der Waals surface area contributed by atoms with Crippen LogP contribution in [0, 0.1) is 0 Å². The Labute approximate surface area is 280 Å². The van der Waals surface area contributed by atoms with E-state index in [0.29, 0.717) is 0 Å². The highest BCUT2D eigenvalue weighted by atomic mass is 14.7. The summed E-state index contributed by atoms with van der Waals surface area (Å²) in [5, 5.41) is 7.63. The van der Waals surface area contributed by atoms with Crippen molar-refractivity contribution in [2.24, 2.45) is 0 Å². The molecule has 0 aliphatic carbocycles. The van der Waals surface area contributed by atoms with E-state index in [9.17, 15) is 0 Å². The highest BCUT2D eigenvalue weighted by molar-refractivity contribution is 6.23. The molecule has 0 bridgehead atoms. The van der Waals surface area contributed by atoms with E-state index in [1.54, 1.807) is 0 Å². The van der Waals surface area contributed by atoms with Crippen LogP contribution < -0.4 is 0 Å². The topological polar surface area (TPSA) is 12.9 Å². The van der Waals surface area contributed by atoms with E-state index in [1.165, 1.54) is 60.1 Å². The van der Waals surface area contributed by atoms with Gasteiger partial charge in [0, 0.05) is 11.1 Å². The molecule has 1 aromatic heterocycles. The molecule has 48 heavy (non-hydrogen) atoms. The van der Waals surface area contributed by atoms with E-state index in [2.05, 4.69) is 176 Å². The standard InChI is InChI=1S/C47H31N/c1-4-14-33(15-5-1)42-30-44-41-23-13-11-21-39(41)43(31-45(44)40-22-12-10-20-38(40)42)34-26-24-32(25-27-34)37-28-46(35-16-6-2-7-17-35)48-47(29-37)36-18-8-3-9-19-36/h1-31H. The Morgan fingerprint density at radius 1 is 0.229 bits per heavy atom. The second-order valence-electron chi connectivity index (χ2n) is 12.3. The molecule has 1 heterocycles. The van der Waals surface area contributed by atoms with Crippen LogP contribution in [0.15, 0.2) is 188 Å². The molecule has 0 radical (unpaired) electrons. The van der Waals surface area contributed by atoms with Crippen LogP contribution in [0.25, 0.3) is 88.2 Å². The summed E-state index contributed by atoms with van der Waals surface area (Å²) < 4.78 is 0. The summed E-state index contributed by atoms with van der Waals surface area (Å²) >= 11 is 0. The van der Waals surface area contributed by atoms with Gasteiger partial charge in [-0.2, -0.15) is 0 Å². The molecule has 0 saturated carbocycles. The maximum Gasteiger partial charge on any atom is 0.0715 e. The van der Waals surface area contributed by atoms with Crippen LogP contribution in [0.2, 0.25) is 0 Å². The Balaban J connectivity index is 1.21. The van der Waals surface area contributed by atoms with Crippen molar-refractivity contribution in [1.29, 1.82) is 0 Å². The number of nitrogens with zero attached hydrogens (tertiary/aromatic N) is 1. The van der Waals surface area contributed by atoms with Crippen molar-refractivity contribution in [3.8, 4) is 55.9 Å². The van der Waals surface area contributed by atoms with Gasteiger partial charge in [0.2, 0.25) is 0 Å². The Kier molecular flexibility index (Phi) is 6.87. The van der Waals surface area contributed by atoms with E-state index in [0.717, 1.165) is 28.1 Å². The average Bonchev–Trinajstić information content (AvgIpc) is 3.18. The van der Waals surface area contributed by atoms with Crippen LogP contribution in [-0.2, 0) is 0 Å². The molecule has 9 aromatic rings. The van der Waals surface area contributed by atoms with Crippen molar-refractivity contribution in [3.63, 3.8) is 0 Å². The molecule has 0 unspecified atom stereocenters. The fraction of sp³-hybridized carbons (Fsp3) is 0. The Morgan fingerprint density at radius 3 is 1.04 bits per heavy atom. The highest BCUT2D eigenvalue weighted by Crippen LogP contribution is 2.42. The van der Waals surface area contributed by atoms with Crippen molar-refractivity contribution in [2.45, 2.75) is 0 Å². The smallest absolute Gasteiger partial charge is 0.0715 e. The van der Waals surface area contributed by atoms with Crippen LogP contribution in [0.1, 0.15) is 0 Å². The van der Waals surface area contributed by atoms with Crippen LogP contribution in [0.5, 0.6) is 0 Å². The fourth-order valence-electron chi connectivity index (χ4n) is 7.10. The molecule has 0 spiro atoms. The molecule has 0 aliphatic rings. The zero-order chi connectivity index (χ0) is 31.9. The third-order valence-corrected chi connectivity index (χ3v) is 9.46. The number of rotatable bonds is 5. The van der Waals surface area contributed by atoms with E-state index in [1.807, 2.05) is 12.1 Å². The molecule has 0 N–H and O–H groups in total. The number of hydrogen-bond acceptors (Lipinski definition) is 1. The van der Waals surface area contributed by atoms with Crippen LogP contribution in [0.4, 0.5) is 0 Å². The zero-order valence-corrected chi connectivity index (χ0v) is 26.3. The lowest BCUT2D eigenvalue weighted by atomic mass is 9.87. The number of benzene rings is 8. The molecular formula is C47H31N. The first kappa shape index (κ1) is 28.0. The second-order valence-corrected chi connectivity index (χ2v) is 12.3. The maximum atomic E-state index is 5.08. The predicted molar refractivity (Wildman–Crippen MR) is 204 cm³/mol. The van der Waals surface area contributed by atoms with Crippen LogP contribution >= 0.6 is 0 Å². The quantitative estimate of drug-likeness (QED) is 0.177. The molecule has 1 heteroatoms. The van der Waals surface area contributed by atoms with Gasteiger partial charge in [-0.1, -0.05) is 164 Å². The van der Waals surface area contributed by atoms with E-state index < -0.39 is 0 Å². The van der Waals surface area contributed by atoms with E-state index in [4.69, 9.17) is 4.98 Å². The normalized spacial score (nSPS) is 11.3. The van der Waals surface area contributed by atoms with Gasteiger partial charge in [0.05, 0.1) is 11.4 Å². The SMILES string of the molecule is c1ccc(-c2cc(-c3ccc(-c4cc5c6ccccc6c(-c6ccccc6)cc5c5ccccc45)cc3)cc(-c3ccccc3)n2)cc1. The maximum absolute atomic E-state index is 5.08. The van der Waals surface area contributed by atoms with Gasteiger partial charge in [0.1, 0.15) is 0 Å². The zero-order valence-electron chi connectivity index (χ0n) is 26.3. The minimum absolute atomic E-state index is 0.971. The lowest BCUT2D eigenvalue weighted by Gasteiger charge is -2.16. The predicted octanol–water partition coefficient (Wildman–Crippen LogP) is 12.9. The minimum atomic E-state index is 0.971. The van der Waals surface area contributed by atoms with E-state index >= 15 is 0 Å². The Bertz CT molecular complexity index is 2510. The van der Waals surface area contributed by atoms with Crippen molar-refractivity contribution in [3.05, 3.63) is 188 Å². The summed E-state index contributed by atoms with van der Waals surface area (Å²) in [5.74, 6) is 0. The third-order valence-electron chi connectivity index (χ3n) is 9.46. The number of pyridine rings is 1. The monoisotopic (exact) mass is 609 g/mol. The first-order valence-corrected chi connectivity index (χ1v) is 16.5. The van der Waals surface area contributed by atoms with Crippen LogP contribution in [-0.4, -0.2) is 4.98 Å². The van der Waals surface area contributed by atoms with Crippen molar-refractivity contribution in [2.75, 3.05) is 0 Å². The summed E-state index contributed by atoms with van der Waals surface area (Å²) in [6.45, 7) is 0. The van der Waals surface area contributed by atoms with Crippen molar-refractivity contribution in [1.82, 2.24) is 4.98 Å². The van der Waals surface area contributed by atoms with Gasteiger partial charge in [-0.05, 0) is 90.0 Å². The minimum Gasteiger partial charge on any atom is -0.248 e. The molecule has 0 fully saturated rings. The van der Waals surface area contributed by atoms with E-state index in [-0.39, 0.29) is 0 Å². The van der Waals surface area contributed by atoms with Gasteiger partial charge in [-0.15, -0.1) is 0 Å². The molecule has 0 aliphatic heterocycles. The molecular weight excluding hydrogens is 579 g/mol. The first-order valence-electron chi connectivity index (χ1n) is 16.5. The number of hydrogen-bond donors (Lipinski definition) is 0. The largest absolute Gasteiger partial charge is 0.248 e. The lowest BCUT2D eigenvalue weighted by molar-refractivity contribution is 1.32.